The first kappa shape index (κ1) is 11.7. The maximum absolute atomic E-state index is 2.38. The van der Waals surface area contributed by atoms with Crippen LogP contribution in [0.1, 0.15) is 31.9 Å². The molecule has 0 saturated heterocycles. The van der Waals surface area contributed by atoms with Crippen molar-refractivity contribution in [1.82, 2.24) is 0 Å². The second kappa shape index (κ2) is 3.83. The van der Waals surface area contributed by atoms with Gasteiger partial charge in [-0.05, 0) is 41.7 Å². The molecule has 18 heavy (non-hydrogen) atoms. The number of benzene rings is 2. The number of aryl methyl sites for hydroxylation is 1. The van der Waals surface area contributed by atoms with Gasteiger partial charge in [-0.1, -0.05) is 39.0 Å². The van der Waals surface area contributed by atoms with Crippen LogP contribution >= 0.6 is 11.3 Å². The average Bonchev–Trinajstić information content (AvgIpc) is 2.65. The summed E-state index contributed by atoms with van der Waals surface area (Å²) < 4.78 is 2.80. The van der Waals surface area contributed by atoms with Crippen LogP contribution in [0, 0.1) is 6.92 Å². The average molecular weight is 254 g/mol. The fraction of sp³-hybridized carbons (Fsp3) is 0.294. The molecule has 3 aromatic rings. The molecular weight excluding hydrogens is 236 g/mol. The number of fused-ring (bicyclic) bond motifs is 3. The maximum Gasteiger partial charge on any atom is 0.0358 e. The van der Waals surface area contributed by atoms with Gasteiger partial charge in [-0.2, -0.15) is 0 Å². The lowest BCUT2D eigenvalue weighted by molar-refractivity contribution is 0.587. The second-order valence-corrected chi connectivity index (χ2v) is 7.10. The third-order valence-corrected chi connectivity index (χ3v) is 4.67. The molecule has 2 aromatic carbocycles. The van der Waals surface area contributed by atoms with E-state index in [0.29, 0.717) is 0 Å². The highest BCUT2D eigenvalue weighted by Crippen LogP contribution is 2.37. The normalized spacial score (nSPS) is 12.4. The van der Waals surface area contributed by atoms with Crippen LogP contribution in [-0.4, -0.2) is 0 Å². The van der Waals surface area contributed by atoms with Crippen molar-refractivity contribution in [2.24, 2.45) is 0 Å². The summed E-state index contributed by atoms with van der Waals surface area (Å²) in [6.07, 6.45) is 0. The molecule has 0 aliphatic carbocycles. The van der Waals surface area contributed by atoms with Crippen LogP contribution in [0.2, 0.25) is 0 Å². The van der Waals surface area contributed by atoms with E-state index in [2.05, 4.69) is 64.1 Å². The molecule has 0 unspecified atom stereocenters. The Labute approximate surface area is 112 Å². The van der Waals surface area contributed by atoms with E-state index >= 15 is 0 Å². The number of hydrogen-bond donors (Lipinski definition) is 0. The summed E-state index contributed by atoms with van der Waals surface area (Å²) in [6.45, 7) is 9.09. The molecule has 1 heterocycles. The Hall–Kier alpha value is -1.34. The molecular formula is C17H18S. The Morgan fingerprint density at radius 3 is 2.33 bits per heavy atom. The van der Waals surface area contributed by atoms with Crippen LogP contribution in [0.3, 0.4) is 0 Å². The highest BCUT2D eigenvalue weighted by atomic mass is 32.1. The molecule has 0 nitrogen and oxygen atoms in total. The highest BCUT2D eigenvalue weighted by molar-refractivity contribution is 7.25. The first-order valence-electron chi connectivity index (χ1n) is 6.39. The van der Waals surface area contributed by atoms with Crippen molar-refractivity contribution in [3.63, 3.8) is 0 Å². The molecule has 0 fully saturated rings. The van der Waals surface area contributed by atoms with Crippen molar-refractivity contribution in [2.45, 2.75) is 33.1 Å². The molecule has 1 aromatic heterocycles. The molecule has 0 spiro atoms. The second-order valence-electron chi connectivity index (χ2n) is 6.01. The Bertz CT molecular complexity index is 726. The first-order chi connectivity index (χ1) is 8.47. The molecule has 0 radical (unpaired) electrons. The van der Waals surface area contributed by atoms with Crippen LogP contribution < -0.4 is 0 Å². The summed E-state index contributed by atoms with van der Waals surface area (Å²) in [5.74, 6) is 0. The Morgan fingerprint density at radius 1 is 0.889 bits per heavy atom. The van der Waals surface area contributed by atoms with Crippen molar-refractivity contribution >= 4 is 31.5 Å². The molecule has 0 aliphatic heterocycles. The van der Waals surface area contributed by atoms with Gasteiger partial charge in [0.05, 0.1) is 0 Å². The zero-order valence-electron chi connectivity index (χ0n) is 11.4. The Kier molecular flexibility index (Phi) is 2.49. The first-order valence-corrected chi connectivity index (χ1v) is 7.21. The van der Waals surface area contributed by atoms with Gasteiger partial charge in [0.25, 0.3) is 0 Å². The van der Waals surface area contributed by atoms with Crippen LogP contribution in [-0.2, 0) is 5.41 Å². The third kappa shape index (κ3) is 1.74. The molecule has 92 valence electrons. The predicted molar refractivity (Wildman–Crippen MR) is 82.8 cm³/mol. The fourth-order valence-electron chi connectivity index (χ4n) is 2.69. The van der Waals surface area contributed by atoms with Gasteiger partial charge in [-0.25, -0.2) is 0 Å². The fourth-order valence-corrected chi connectivity index (χ4v) is 3.81. The van der Waals surface area contributed by atoms with E-state index in [0.717, 1.165) is 0 Å². The Balaban J connectivity index is 2.40. The van der Waals surface area contributed by atoms with Gasteiger partial charge >= 0.3 is 0 Å². The molecule has 0 saturated carbocycles. The van der Waals surface area contributed by atoms with Crippen molar-refractivity contribution in [1.29, 1.82) is 0 Å². The van der Waals surface area contributed by atoms with Crippen LogP contribution in [0.4, 0.5) is 0 Å². The molecule has 0 atom stereocenters. The number of thiophene rings is 1. The SMILES string of the molecule is Cc1cc2c(cc1C(C)(C)C)sc1ccccc12. The van der Waals surface area contributed by atoms with E-state index in [1.54, 1.807) is 0 Å². The minimum Gasteiger partial charge on any atom is -0.135 e. The molecule has 0 amide bonds. The van der Waals surface area contributed by atoms with Gasteiger partial charge < -0.3 is 0 Å². The predicted octanol–water partition coefficient (Wildman–Crippen LogP) is 5.66. The number of hydrogen-bond acceptors (Lipinski definition) is 1. The largest absolute Gasteiger partial charge is 0.135 e. The van der Waals surface area contributed by atoms with Crippen molar-refractivity contribution in [2.75, 3.05) is 0 Å². The van der Waals surface area contributed by atoms with Gasteiger partial charge in [0.2, 0.25) is 0 Å². The van der Waals surface area contributed by atoms with Gasteiger partial charge in [0, 0.05) is 20.2 Å². The standard InChI is InChI=1S/C17H18S/c1-11-9-13-12-7-5-6-8-15(12)18-16(13)10-14(11)17(2,3)4/h5-10H,1-4H3. The zero-order valence-corrected chi connectivity index (χ0v) is 12.2. The third-order valence-electron chi connectivity index (χ3n) is 3.53. The lowest BCUT2D eigenvalue weighted by Gasteiger charge is -2.21. The topological polar surface area (TPSA) is 0 Å². The summed E-state index contributed by atoms with van der Waals surface area (Å²) in [7, 11) is 0. The van der Waals surface area contributed by atoms with E-state index in [1.165, 1.54) is 31.3 Å². The van der Waals surface area contributed by atoms with Gasteiger partial charge in [-0.3, -0.25) is 0 Å². The van der Waals surface area contributed by atoms with Crippen LogP contribution in [0.5, 0.6) is 0 Å². The highest BCUT2D eigenvalue weighted by Gasteiger charge is 2.18. The van der Waals surface area contributed by atoms with E-state index < -0.39 is 0 Å². The summed E-state index contributed by atoms with van der Waals surface area (Å²) in [5, 5.41) is 2.79. The van der Waals surface area contributed by atoms with E-state index in [1.807, 2.05) is 11.3 Å². The minimum absolute atomic E-state index is 0.217. The molecule has 0 N–H and O–H groups in total. The van der Waals surface area contributed by atoms with E-state index in [-0.39, 0.29) is 5.41 Å². The minimum atomic E-state index is 0.217. The smallest absolute Gasteiger partial charge is 0.0358 e. The monoisotopic (exact) mass is 254 g/mol. The molecule has 0 aliphatic rings. The lowest BCUT2D eigenvalue weighted by Crippen LogP contribution is -2.12. The summed E-state index contributed by atoms with van der Waals surface area (Å²) in [4.78, 5) is 0. The molecule has 3 rings (SSSR count). The summed E-state index contributed by atoms with van der Waals surface area (Å²) in [6, 6.07) is 13.4. The molecule has 0 bridgehead atoms. The van der Waals surface area contributed by atoms with Crippen molar-refractivity contribution in [3.05, 3.63) is 47.5 Å². The lowest BCUT2D eigenvalue weighted by atomic mass is 9.83. The molecule has 1 heteroatoms. The maximum atomic E-state index is 2.38. The quantitative estimate of drug-likeness (QED) is 0.485. The van der Waals surface area contributed by atoms with E-state index in [4.69, 9.17) is 0 Å². The summed E-state index contributed by atoms with van der Waals surface area (Å²) in [5.41, 5.74) is 3.08. The number of rotatable bonds is 0. The van der Waals surface area contributed by atoms with Crippen molar-refractivity contribution in [3.8, 4) is 0 Å². The summed E-state index contributed by atoms with van der Waals surface area (Å²) >= 11 is 1.90. The zero-order chi connectivity index (χ0) is 12.9. The van der Waals surface area contributed by atoms with Gasteiger partial charge in [0.15, 0.2) is 0 Å². The van der Waals surface area contributed by atoms with E-state index in [9.17, 15) is 0 Å². The van der Waals surface area contributed by atoms with Gasteiger partial charge in [0.1, 0.15) is 0 Å². The van der Waals surface area contributed by atoms with Crippen LogP contribution in [0.25, 0.3) is 20.2 Å². The van der Waals surface area contributed by atoms with Gasteiger partial charge in [-0.15, -0.1) is 11.3 Å². The van der Waals surface area contributed by atoms with Crippen LogP contribution in [0.15, 0.2) is 36.4 Å². The Morgan fingerprint density at radius 2 is 1.61 bits per heavy atom. The van der Waals surface area contributed by atoms with Crippen molar-refractivity contribution < 1.29 is 0 Å².